The van der Waals surface area contributed by atoms with E-state index in [1.54, 1.807) is 6.92 Å². The lowest BCUT2D eigenvalue weighted by Gasteiger charge is -2.21. The third-order valence-corrected chi connectivity index (χ3v) is 5.28. The number of benzene rings is 2. The van der Waals surface area contributed by atoms with Crippen molar-refractivity contribution in [2.45, 2.75) is 19.6 Å². The molecule has 0 fully saturated rings. The van der Waals surface area contributed by atoms with Crippen molar-refractivity contribution in [3.8, 4) is 10.4 Å². The minimum Gasteiger partial charge on any atom is -0.368 e. The van der Waals surface area contributed by atoms with E-state index in [2.05, 4.69) is 4.98 Å². The highest BCUT2D eigenvalue weighted by Crippen LogP contribution is 2.32. The van der Waals surface area contributed by atoms with Crippen LogP contribution in [-0.4, -0.2) is 28.2 Å². The van der Waals surface area contributed by atoms with Gasteiger partial charge in [-0.05, 0) is 30.2 Å². The number of alkyl halides is 3. The van der Waals surface area contributed by atoms with Gasteiger partial charge in [-0.25, -0.2) is 4.98 Å². The van der Waals surface area contributed by atoms with Crippen molar-refractivity contribution in [3.05, 3.63) is 76.4 Å². The predicted molar refractivity (Wildman–Crippen MR) is 108 cm³/mol. The van der Waals surface area contributed by atoms with Crippen molar-refractivity contribution in [2.24, 2.45) is 5.73 Å². The molecule has 0 bridgehead atoms. The molecule has 0 aliphatic heterocycles. The summed E-state index contributed by atoms with van der Waals surface area (Å²) in [7, 11) is 0. The summed E-state index contributed by atoms with van der Waals surface area (Å²) in [6, 6.07) is 13.6. The number of aromatic nitrogens is 1. The Kier molecular flexibility index (Phi) is 6.21. The van der Waals surface area contributed by atoms with Crippen LogP contribution < -0.4 is 5.73 Å². The first kappa shape index (κ1) is 21.5. The lowest BCUT2D eigenvalue weighted by molar-refractivity contribution is -0.137. The normalized spacial score (nSPS) is 11.3. The molecule has 0 saturated carbocycles. The van der Waals surface area contributed by atoms with Gasteiger partial charge in [0, 0.05) is 6.54 Å². The molecule has 0 unspecified atom stereocenters. The van der Waals surface area contributed by atoms with Crippen LogP contribution in [0.3, 0.4) is 0 Å². The average Bonchev–Trinajstić information content (AvgIpc) is 3.09. The topological polar surface area (TPSA) is 76.3 Å². The Labute approximate surface area is 175 Å². The summed E-state index contributed by atoms with van der Waals surface area (Å²) < 4.78 is 38.3. The Bertz CT molecular complexity index is 1050. The molecule has 0 atom stereocenters. The highest BCUT2D eigenvalue weighted by atomic mass is 32.1. The minimum absolute atomic E-state index is 0.0787. The number of hydrogen-bond acceptors (Lipinski definition) is 4. The number of carbonyl (C=O) groups is 2. The molecule has 0 radical (unpaired) electrons. The standard InChI is InChI=1S/C21H18F3N3O2S/c1-13-26-18(19(30-13)15-5-3-2-4-6-15)20(29)27(12-17(25)28)11-14-7-9-16(10-8-14)21(22,23)24/h2-10H,11-12H2,1H3,(H2,25,28). The van der Waals surface area contributed by atoms with Crippen molar-refractivity contribution >= 4 is 23.2 Å². The summed E-state index contributed by atoms with van der Waals surface area (Å²) in [6.07, 6.45) is -4.45. The Morgan fingerprint density at radius 1 is 1.07 bits per heavy atom. The highest BCUT2D eigenvalue weighted by Gasteiger charge is 2.30. The van der Waals surface area contributed by atoms with Gasteiger partial charge < -0.3 is 10.6 Å². The molecule has 1 aromatic heterocycles. The van der Waals surface area contributed by atoms with Crippen LogP contribution in [0.15, 0.2) is 54.6 Å². The van der Waals surface area contributed by atoms with Gasteiger partial charge in [0.15, 0.2) is 0 Å². The summed E-state index contributed by atoms with van der Waals surface area (Å²) in [5.74, 6) is -1.25. The molecule has 0 aliphatic carbocycles. The van der Waals surface area contributed by atoms with Gasteiger partial charge in [0.05, 0.1) is 15.4 Å². The van der Waals surface area contributed by atoms with E-state index in [4.69, 9.17) is 5.73 Å². The van der Waals surface area contributed by atoms with Crippen LogP contribution in [0.1, 0.15) is 26.6 Å². The van der Waals surface area contributed by atoms with Gasteiger partial charge in [0.2, 0.25) is 5.91 Å². The van der Waals surface area contributed by atoms with E-state index in [9.17, 15) is 22.8 Å². The van der Waals surface area contributed by atoms with Crippen molar-refractivity contribution in [1.29, 1.82) is 0 Å². The van der Waals surface area contributed by atoms with Crippen molar-refractivity contribution in [1.82, 2.24) is 9.88 Å². The van der Waals surface area contributed by atoms with E-state index >= 15 is 0 Å². The Balaban J connectivity index is 1.91. The lowest BCUT2D eigenvalue weighted by atomic mass is 10.1. The smallest absolute Gasteiger partial charge is 0.368 e. The van der Waals surface area contributed by atoms with Crippen molar-refractivity contribution < 1.29 is 22.8 Å². The van der Waals surface area contributed by atoms with E-state index in [0.29, 0.717) is 15.4 Å². The third-order valence-electron chi connectivity index (χ3n) is 4.26. The molecule has 2 N–H and O–H groups in total. The molecule has 0 saturated heterocycles. The maximum absolute atomic E-state index is 13.2. The van der Waals surface area contributed by atoms with Crippen LogP contribution in [0, 0.1) is 6.92 Å². The molecule has 1 heterocycles. The van der Waals surface area contributed by atoms with Crippen molar-refractivity contribution in [3.63, 3.8) is 0 Å². The first-order valence-corrected chi connectivity index (χ1v) is 9.73. The van der Waals surface area contributed by atoms with Crippen LogP contribution in [-0.2, 0) is 17.5 Å². The first-order chi connectivity index (χ1) is 14.1. The zero-order valence-electron chi connectivity index (χ0n) is 15.9. The molecule has 156 valence electrons. The second kappa shape index (κ2) is 8.66. The Morgan fingerprint density at radius 3 is 2.27 bits per heavy atom. The maximum atomic E-state index is 13.2. The van der Waals surface area contributed by atoms with E-state index < -0.39 is 23.6 Å². The fourth-order valence-electron chi connectivity index (χ4n) is 2.91. The van der Waals surface area contributed by atoms with Gasteiger partial charge in [0.25, 0.3) is 5.91 Å². The lowest BCUT2D eigenvalue weighted by Crippen LogP contribution is -2.38. The second-order valence-electron chi connectivity index (χ2n) is 6.60. The molecule has 5 nitrogen and oxygen atoms in total. The SMILES string of the molecule is Cc1nc(C(=O)N(CC(N)=O)Cc2ccc(C(F)(F)F)cc2)c(-c2ccccc2)s1. The molecule has 9 heteroatoms. The second-order valence-corrected chi connectivity index (χ2v) is 7.80. The first-order valence-electron chi connectivity index (χ1n) is 8.91. The fourth-order valence-corrected chi connectivity index (χ4v) is 3.83. The van der Waals surface area contributed by atoms with Crippen LogP contribution in [0.2, 0.25) is 0 Å². The van der Waals surface area contributed by atoms with Gasteiger partial charge in [-0.1, -0.05) is 42.5 Å². The van der Waals surface area contributed by atoms with Crippen LogP contribution in [0.4, 0.5) is 13.2 Å². The molecule has 2 aromatic carbocycles. The van der Waals surface area contributed by atoms with Gasteiger partial charge >= 0.3 is 6.18 Å². The Morgan fingerprint density at radius 2 is 1.70 bits per heavy atom. The maximum Gasteiger partial charge on any atom is 0.416 e. The quantitative estimate of drug-likeness (QED) is 0.631. The number of halogens is 3. The number of nitrogens with two attached hydrogens (primary N) is 1. The van der Waals surface area contributed by atoms with Gasteiger partial charge in [-0.2, -0.15) is 13.2 Å². The molecule has 30 heavy (non-hydrogen) atoms. The average molecular weight is 433 g/mol. The molecular weight excluding hydrogens is 415 g/mol. The van der Waals surface area contributed by atoms with E-state index in [1.807, 2.05) is 30.3 Å². The number of hydrogen-bond donors (Lipinski definition) is 1. The van der Waals surface area contributed by atoms with Crippen molar-refractivity contribution in [2.75, 3.05) is 6.54 Å². The van der Waals surface area contributed by atoms with E-state index in [1.165, 1.54) is 28.4 Å². The predicted octanol–water partition coefficient (Wildman–Crippen LogP) is 4.27. The fraction of sp³-hybridized carbons (Fsp3) is 0.190. The number of aryl methyl sites for hydroxylation is 1. The van der Waals surface area contributed by atoms with Crippen LogP contribution >= 0.6 is 11.3 Å². The van der Waals surface area contributed by atoms with Gasteiger partial charge in [0.1, 0.15) is 12.2 Å². The largest absolute Gasteiger partial charge is 0.416 e. The number of carbonyl (C=O) groups excluding carboxylic acids is 2. The van der Waals surface area contributed by atoms with Crippen LogP contribution in [0.25, 0.3) is 10.4 Å². The minimum atomic E-state index is -4.45. The Hall–Kier alpha value is -3.20. The molecule has 0 spiro atoms. The van der Waals surface area contributed by atoms with E-state index in [-0.39, 0.29) is 18.8 Å². The summed E-state index contributed by atoms with van der Waals surface area (Å²) in [4.78, 5) is 30.9. The van der Waals surface area contributed by atoms with Crippen LogP contribution in [0.5, 0.6) is 0 Å². The molecule has 3 aromatic rings. The zero-order valence-corrected chi connectivity index (χ0v) is 16.8. The number of thiazole rings is 1. The highest BCUT2D eigenvalue weighted by molar-refractivity contribution is 7.15. The molecular formula is C21H18F3N3O2S. The summed E-state index contributed by atoms with van der Waals surface area (Å²) >= 11 is 1.34. The van der Waals surface area contributed by atoms with Gasteiger partial charge in [-0.15, -0.1) is 11.3 Å². The number of amides is 2. The number of rotatable bonds is 6. The molecule has 2 amide bonds. The molecule has 0 aliphatic rings. The molecule has 3 rings (SSSR count). The summed E-state index contributed by atoms with van der Waals surface area (Å²) in [6.45, 7) is 1.30. The third kappa shape index (κ3) is 5.04. The number of nitrogens with zero attached hydrogens (tertiary/aromatic N) is 2. The number of primary amides is 1. The zero-order chi connectivity index (χ0) is 21.9. The van der Waals surface area contributed by atoms with Gasteiger partial charge in [-0.3, -0.25) is 9.59 Å². The summed E-state index contributed by atoms with van der Waals surface area (Å²) in [5, 5.41) is 0.672. The summed E-state index contributed by atoms with van der Waals surface area (Å²) in [5.41, 5.74) is 5.93. The monoisotopic (exact) mass is 433 g/mol. The van der Waals surface area contributed by atoms with E-state index in [0.717, 1.165) is 17.7 Å².